The Morgan fingerprint density at radius 1 is 1.54 bits per heavy atom. The zero-order valence-corrected chi connectivity index (χ0v) is 14.8. The van der Waals surface area contributed by atoms with Crippen LogP contribution in [-0.2, 0) is 0 Å². The Kier molecular flexibility index (Phi) is 5.19. The molecule has 9 heteroatoms. The Morgan fingerprint density at radius 3 is 3.00 bits per heavy atom. The van der Waals surface area contributed by atoms with Gasteiger partial charge < -0.3 is 25.2 Å². The fourth-order valence-corrected chi connectivity index (χ4v) is 3.11. The quantitative estimate of drug-likeness (QED) is 0.687. The number of aromatic amines is 1. The Morgan fingerprint density at radius 2 is 2.31 bits per heavy atom. The first-order valence-electron chi connectivity index (χ1n) is 8.45. The number of hydrogen-bond donors (Lipinski definition) is 3. The van der Waals surface area contributed by atoms with E-state index in [1.165, 1.54) is 0 Å². The van der Waals surface area contributed by atoms with E-state index in [1.807, 2.05) is 19.0 Å². The van der Waals surface area contributed by atoms with Crippen molar-refractivity contribution in [2.75, 3.05) is 45.2 Å². The number of halogens is 1. The predicted octanol–water partition coefficient (Wildman–Crippen LogP) is 0.490. The van der Waals surface area contributed by atoms with Crippen LogP contribution in [-0.4, -0.2) is 72.3 Å². The topological polar surface area (TPSA) is 102 Å². The highest BCUT2D eigenvalue weighted by Crippen LogP contribution is 2.23. The van der Waals surface area contributed by atoms with Crippen LogP contribution in [0, 0.1) is 5.82 Å². The molecule has 0 saturated carbocycles. The van der Waals surface area contributed by atoms with Gasteiger partial charge >= 0.3 is 5.97 Å². The van der Waals surface area contributed by atoms with Crippen molar-refractivity contribution in [1.29, 1.82) is 0 Å². The molecule has 2 aromatic heterocycles. The van der Waals surface area contributed by atoms with Crippen LogP contribution in [0.2, 0.25) is 0 Å². The number of carboxylic acid groups (broad SMARTS) is 1. The van der Waals surface area contributed by atoms with Gasteiger partial charge in [0.15, 0.2) is 11.6 Å². The summed E-state index contributed by atoms with van der Waals surface area (Å²) in [7, 11) is 4.01. The van der Waals surface area contributed by atoms with Gasteiger partial charge in [0.2, 0.25) is 5.43 Å². The summed E-state index contributed by atoms with van der Waals surface area (Å²) in [6.45, 7) is 3.06. The van der Waals surface area contributed by atoms with E-state index in [1.54, 1.807) is 0 Å². The molecular formula is C17H22FN5O3. The molecule has 1 fully saturated rings. The molecule has 26 heavy (non-hydrogen) atoms. The minimum atomic E-state index is -1.36. The van der Waals surface area contributed by atoms with Crippen LogP contribution < -0.4 is 15.6 Å². The van der Waals surface area contributed by atoms with Crippen LogP contribution >= 0.6 is 0 Å². The van der Waals surface area contributed by atoms with E-state index in [-0.39, 0.29) is 22.9 Å². The molecule has 3 N–H and O–H groups in total. The smallest absolute Gasteiger partial charge is 0.341 e. The van der Waals surface area contributed by atoms with Gasteiger partial charge in [0.25, 0.3) is 0 Å². The molecule has 1 aliphatic rings. The van der Waals surface area contributed by atoms with Crippen LogP contribution in [0.4, 0.5) is 10.2 Å². The van der Waals surface area contributed by atoms with Gasteiger partial charge in [-0.1, -0.05) is 0 Å². The number of anilines is 1. The standard InChI is InChI=1S/C17H22FN5O3/c1-22(2)6-4-19-10-3-5-23(9-10)16-13(18)7-11-14(24)12(17(25)26)8-20-15(11)21-16/h7-8,10,19H,3-6,9H2,1-2H3,(H,25,26)(H,20,21,24). The Hall–Kier alpha value is -2.52. The first-order chi connectivity index (χ1) is 12.4. The van der Waals surface area contributed by atoms with E-state index in [2.05, 4.69) is 20.2 Å². The number of nitrogens with one attached hydrogen (secondary N) is 2. The highest BCUT2D eigenvalue weighted by Gasteiger charge is 2.26. The van der Waals surface area contributed by atoms with Crippen LogP contribution in [0.1, 0.15) is 16.8 Å². The molecule has 1 aliphatic heterocycles. The lowest BCUT2D eigenvalue weighted by molar-refractivity contribution is 0.0695. The number of H-pyrrole nitrogens is 1. The van der Waals surface area contributed by atoms with Crippen molar-refractivity contribution in [1.82, 2.24) is 20.2 Å². The van der Waals surface area contributed by atoms with Gasteiger partial charge in [-0.2, -0.15) is 0 Å². The fourth-order valence-electron chi connectivity index (χ4n) is 3.11. The number of likely N-dealkylation sites (N-methyl/N-ethyl adjacent to an activating group) is 1. The summed E-state index contributed by atoms with van der Waals surface area (Å²) in [5.74, 6) is -1.81. The third-order valence-corrected chi connectivity index (χ3v) is 4.51. The molecular weight excluding hydrogens is 341 g/mol. The fraction of sp³-hybridized carbons (Fsp3) is 0.471. The summed E-state index contributed by atoms with van der Waals surface area (Å²) in [6, 6.07) is 1.32. The number of aromatic carboxylic acids is 1. The summed E-state index contributed by atoms with van der Waals surface area (Å²) in [5.41, 5.74) is -0.993. The molecule has 0 bridgehead atoms. The summed E-state index contributed by atoms with van der Waals surface area (Å²) >= 11 is 0. The lowest BCUT2D eigenvalue weighted by Gasteiger charge is -2.19. The van der Waals surface area contributed by atoms with Crippen LogP contribution in [0.5, 0.6) is 0 Å². The highest BCUT2D eigenvalue weighted by atomic mass is 19.1. The number of nitrogens with zero attached hydrogens (tertiary/aromatic N) is 3. The number of rotatable bonds is 6. The van der Waals surface area contributed by atoms with Crippen LogP contribution in [0.15, 0.2) is 17.1 Å². The lowest BCUT2D eigenvalue weighted by atomic mass is 10.2. The predicted molar refractivity (Wildman–Crippen MR) is 96.5 cm³/mol. The second kappa shape index (κ2) is 7.38. The van der Waals surface area contributed by atoms with Crippen molar-refractivity contribution in [3.8, 4) is 0 Å². The third-order valence-electron chi connectivity index (χ3n) is 4.51. The molecule has 1 atom stereocenters. The number of carboxylic acids is 1. The largest absolute Gasteiger partial charge is 0.477 e. The van der Waals surface area contributed by atoms with Crippen molar-refractivity contribution < 1.29 is 14.3 Å². The maximum Gasteiger partial charge on any atom is 0.341 e. The number of carbonyl (C=O) groups is 1. The molecule has 0 radical (unpaired) electrons. The molecule has 0 spiro atoms. The molecule has 0 amide bonds. The maximum absolute atomic E-state index is 14.5. The van der Waals surface area contributed by atoms with E-state index >= 15 is 0 Å². The van der Waals surface area contributed by atoms with Crippen molar-refractivity contribution in [2.45, 2.75) is 12.5 Å². The number of pyridine rings is 2. The number of fused-ring (bicyclic) bond motifs is 1. The molecule has 1 saturated heterocycles. The summed E-state index contributed by atoms with van der Waals surface area (Å²) in [5, 5.41) is 12.4. The third kappa shape index (κ3) is 3.68. The zero-order chi connectivity index (χ0) is 18.8. The van der Waals surface area contributed by atoms with Crippen molar-refractivity contribution >= 4 is 22.8 Å². The lowest BCUT2D eigenvalue weighted by Crippen LogP contribution is -2.37. The van der Waals surface area contributed by atoms with Gasteiger partial charge in [0.05, 0.1) is 5.39 Å². The average molecular weight is 363 g/mol. The zero-order valence-electron chi connectivity index (χ0n) is 14.8. The first-order valence-corrected chi connectivity index (χ1v) is 8.45. The van der Waals surface area contributed by atoms with Gasteiger partial charge in [0, 0.05) is 38.4 Å². The molecule has 2 aromatic rings. The van der Waals surface area contributed by atoms with Crippen LogP contribution in [0.25, 0.3) is 11.0 Å². The first kappa shape index (κ1) is 18.3. The van der Waals surface area contributed by atoms with Gasteiger partial charge in [-0.3, -0.25) is 4.79 Å². The monoisotopic (exact) mass is 363 g/mol. The van der Waals surface area contributed by atoms with Crippen molar-refractivity contribution in [2.24, 2.45) is 0 Å². The minimum Gasteiger partial charge on any atom is -0.477 e. The van der Waals surface area contributed by atoms with Gasteiger partial charge in [0.1, 0.15) is 11.2 Å². The summed E-state index contributed by atoms with van der Waals surface area (Å²) in [6.07, 6.45) is 1.97. The highest BCUT2D eigenvalue weighted by molar-refractivity contribution is 5.91. The molecule has 1 unspecified atom stereocenters. The Balaban J connectivity index is 1.81. The molecule has 3 heterocycles. The summed E-state index contributed by atoms with van der Waals surface area (Å²) in [4.78, 5) is 34.0. The normalized spacial score (nSPS) is 17.4. The second-order valence-electron chi connectivity index (χ2n) is 6.72. The molecule has 0 aromatic carbocycles. The van der Waals surface area contributed by atoms with E-state index < -0.39 is 22.8 Å². The molecule has 3 rings (SSSR count). The van der Waals surface area contributed by atoms with Gasteiger partial charge in [-0.05, 0) is 26.6 Å². The Bertz CT molecular complexity index is 883. The van der Waals surface area contributed by atoms with E-state index in [0.29, 0.717) is 13.1 Å². The average Bonchev–Trinajstić information content (AvgIpc) is 3.03. The van der Waals surface area contributed by atoms with Crippen molar-refractivity contribution in [3.05, 3.63) is 33.9 Å². The van der Waals surface area contributed by atoms with E-state index in [9.17, 15) is 14.0 Å². The molecule has 0 aliphatic carbocycles. The van der Waals surface area contributed by atoms with Gasteiger partial charge in [-0.25, -0.2) is 14.2 Å². The van der Waals surface area contributed by atoms with E-state index in [0.717, 1.165) is 31.8 Å². The molecule has 8 nitrogen and oxygen atoms in total. The number of aromatic nitrogens is 2. The summed E-state index contributed by atoms with van der Waals surface area (Å²) < 4.78 is 14.5. The maximum atomic E-state index is 14.5. The van der Waals surface area contributed by atoms with Gasteiger partial charge in [-0.15, -0.1) is 0 Å². The molecule has 140 valence electrons. The van der Waals surface area contributed by atoms with E-state index in [4.69, 9.17) is 5.11 Å². The van der Waals surface area contributed by atoms with Crippen LogP contribution in [0.3, 0.4) is 0 Å². The number of hydrogen-bond acceptors (Lipinski definition) is 6. The SMILES string of the molecule is CN(C)CCNC1CCN(c2nc3[nH]cc(C(=O)O)c(=O)c3cc2F)C1. The minimum absolute atomic E-state index is 0.0639. The second-order valence-corrected chi connectivity index (χ2v) is 6.72. The Labute approximate surface area is 149 Å². The van der Waals surface area contributed by atoms with Crippen molar-refractivity contribution in [3.63, 3.8) is 0 Å².